The second-order valence-electron chi connectivity index (χ2n) is 7.89. The third-order valence-corrected chi connectivity index (χ3v) is 5.58. The molecule has 0 amide bonds. The first-order valence-electron chi connectivity index (χ1n) is 10.2. The highest BCUT2D eigenvalue weighted by Crippen LogP contribution is 2.31. The monoisotopic (exact) mass is 367 g/mol. The van der Waals surface area contributed by atoms with Gasteiger partial charge in [-0.25, -0.2) is 4.99 Å². The van der Waals surface area contributed by atoms with Crippen LogP contribution < -0.4 is 9.64 Å². The topological polar surface area (TPSA) is 45.1 Å². The average molecular weight is 367 g/mol. The summed E-state index contributed by atoms with van der Waals surface area (Å²) in [6, 6.07) is 8.35. The van der Waals surface area contributed by atoms with E-state index < -0.39 is 0 Å². The first-order valence-corrected chi connectivity index (χ1v) is 10.2. The van der Waals surface area contributed by atoms with Gasteiger partial charge in [-0.05, 0) is 63.8 Å². The van der Waals surface area contributed by atoms with E-state index in [2.05, 4.69) is 21.9 Å². The van der Waals surface area contributed by atoms with Crippen LogP contribution in [0.4, 0.5) is 5.69 Å². The standard InChI is InChI=1S/C22H29N3O2/c1-16(2)27-18-9-7-17(8-10-18)24-11-13-25(14-12-24)22-15-21(26)19-5-3-4-6-20(19)23-22/h7-10,16H,3-6,11-15H2,1-2H3. The fourth-order valence-electron chi connectivity index (χ4n) is 4.17. The van der Waals surface area contributed by atoms with Crippen molar-refractivity contribution >= 4 is 17.3 Å². The predicted octanol–water partition coefficient (Wildman–Crippen LogP) is 3.80. The van der Waals surface area contributed by atoms with Crippen molar-refractivity contribution in [1.29, 1.82) is 0 Å². The summed E-state index contributed by atoms with van der Waals surface area (Å²) in [5.41, 5.74) is 3.30. The van der Waals surface area contributed by atoms with Crippen molar-refractivity contribution in [2.45, 2.75) is 52.1 Å². The number of rotatable bonds is 3. The summed E-state index contributed by atoms with van der Waals surface area (Å²) in [5.74, 6) is 2.21. The number of anilines is 1. The maximum atomic E-state index is 12.5. The van der Waals surface area contributed by atoms with Gasteiger partial charge in [0.1, 0.15) is 11.6 Å². The molecule has 27 heavy (non-hydrogen) atoms. The maximum absolute atomic E-state index is 12.5. The molecule has 0 N–H and O–H groups in total. The van der Waals surface area contributed by atoms with Gasteiger partial charge in [0.15, 0.2) is 5.78 Å². The number of hydrogen-bond donors (Lipinski definition) is 0. The second kappa shape index (κ2) is 7.75. The van der Waals surface area contributed by atoms with Gasteiger partial charge in [0.2, 0.25) is 0 Å². The molecule has 2 heterocycles. The van der Waals surface area contributed by atoms with Crippen molar-refractivity contribution in [2.75, 3.05) is 31.1 Å². The Morgan fingerprint density at radius 1 is 0.963 bits per heavy atom. The molecule has 1 saturated heterocycles. The lowest BCUT2D eigenvalue weighted by molar-refractivity contribution is -0.115. The molecule has 0 unspecified atom stereocenters. The van der Waals surface area contributed by atoms with Crippen LogP contribution in [0.5, 0.6) is 5.75 Å². The Morgan fingerprint density at radius 3 is 2.33 bits per heavy atom. The van der Waals surface area contributed by atoms with Crippen LogP contribution in [0.25, 0.3) is 0 Å². The van der Waals surface area contributed by atoms with Crippen LogP contribution in [-0.2, 0) is 4.79 Å². The Balaban J connectivity index is 1.38. The van der Waals surface area contributed by atoms with E-state index in [-0.39, 0.29) is 6.10 Å². The molecule has 4 rings (SSSR count). The fourth-order valence-corrected chi connectivity index (χ4v) is 4.17. The second-order valence-corrected chi connectivity index (χ2v) is 7.89. The van der Waals surface area contributed by atoms with Crippen LogP contribution >= 0.6 is 0 Å². The molecule has 5 nitrogen and oxygen atoms in total. The molecule has 5 heteroatoms. The van der Waals surface area contributed by atoms with Gasteiger partial charge >= 0.3 is 0 Å². The molecule has 0 radical (unpaired) electrons. The summed E-state index contributed by atoms with van der Waals surface area (Å²) in [6.45, 7) is 7.81. The van der Waals surface area contributed by atoms with Gasteiger partial charge in [-0.3, -0.25) is 4.79 Å². The molecule has 1 aromatic carbocycles. The van der Waals surface area contributed by atoms with E-state index in [9.17, 15) is 4.79 Å². The van der Waals surface area contributed by atoms with Gasteiger partial charge in [-0.15, -0.1) is 0 Å². The zero-order chi connectivity index (χ0) is 18.8. The normalized spacial score (nSPS) is 20.7. The lowest BCUT2D eigenvalue weighted by Crippen LogP contribution is -2.49. The highest BCUT2D eigenvalue weighted by Gasteiger charge is 2.29. The summed E-state index contributed by atoms with van der Waals surface area (Å²) in [4.78, 5) is 22.1. The Bertz CT molecular complexity index is 756. The third kappa shape index (κ3) is 4.02. The van der Waals surface area contributed by atoms with Crippen LogP contribution in [0, 0.1) is 0 Å². The molecular weight excluding hydrogens is 338 g/mol. The van der Waals surface area contributed by atoms with E-state index in [0.29, 0.717) is 12.2 Å². The SMILES string of the molecule is CC(C)Oc1ccc(N2CCN(C3=NC4=C(CCCC4)C(=O)C3)CC2)cc1. The number of allylic oxidation sites excluding steroid dienone is 2. The van der Waals surface area contributed by atoms with Gasteiger partial charge in [0, 0.05) is 43.1 Å². The van der Waals surface area contributed by atoms with E-state index in [1.165, 1.54) is 5.69 Å². The summed E-state index contributed by atoms with van der Waals surface area (Å²) in [6.07, 6.45) is 4.87. The molecule has 2 aliphatic heterocycles. The van der Waals surface area contributed by atoms with Crippen LogP contribution in [0.2, 0.25) is 0 Å². The fraction of sp³-hybridized carbons (Fsp3) is 0.545. The lowest BCUT2D eigenvalue weighted by atomic mass is 9.90. The average Bonchev–Trinajstić information content (AvgIpc) is 2.68. The molecule has 0 saturated carbocycles. The summed E-state index contributed by atoms with van der Waals surface area (Å²) in [5, 5.41) is 0. The van der Waals surface area contributed by atoms with Crippen molar-refractivity contribution in [3.63, 3.8) is 0 Å². The summed E-state index contributed by atoms with van der Waals surface area (Å²) >= 11 is 0. The zero-order valence-corrected chi connectivity index (χ0v) is 16.4. The number of benzene rings is 1. The summed E-state index contributed by atoms with van der Waals surface area (Å²) < 4.78 is 5.73. The number of nitrogens with zero attached hydrogens (tertiary/aromatic N) is 3. The zero-order valence-electron chi connectivity index (χ0n) is 16.4. The Hall–Kier alpha value is -2.30. The smallest absolute Gasteiger partial charge is 0.168 e. The number of Topliss-reactive ketones (excluding diaryl/α,β-unsaturated/α-hetero) is 1. The number of hydrogen-bond acceptors (Lipinski definition) is 5. The van der Waals surface area contributed by atoms with Gasteiger partial charge < -0.3 is 14.5 Å². The number of amidine groups is 1. The van der Waals surface area contributed by atoms with Crippen molar-refractivity contribution in [3.05, 3.63) is 35.5 Å². The van der Waals surface area contributed by atoms with Gasteiger partial charge in [0.25, 0.3) is 0 Å². The number of carbonyl (C=O) groups excluding carboxylic acids is 1. The molecule has 3 aliphatic rings. The molecule has 0 aromatic heterocycles. The molecule has 1 aromatic rings. The van der Waals surface area contributed by atoms with E-state index in [4.69, 9.17) is 9.73 Å². The first kappa shape index (κ1) is 18.1. The number of carbonyl (C=O) groups is 1. The molecule has 0 atom stereocenters. The molecule has 1 aliphatic carbocycles. The third-order valence-electron chi connectivity index (χ3n) is 5.58. The van der Waals surface area contributed by atoms with Crippen molar-refractivity contribution < 1.29 is 9.53 Å². The van der Waals surface area contributed by atoms with Crippen molar-refractivity contribution in [3.8, 4) is 5.75 Å². The number of ether oxygens (including phenoxy) is 1. The van der Waals surface area contributed by atoms with Crippen LogP contribution in [0.1, 0.15) is 46.0 Å². The number of aliphatic imine (C=N–C) groups is 1. The summed E-state index contributed by atoms with van der Waals surface area (Å²) in [7, 11) is 0. The maximum Gasteiger partial charge on any atom is 0.168 e. The van der Waals surface area contributed by atoms with Crippen molar-refractivity contribution in [2.24, 2.45) is 4.99 Å². The molecular formula is C22H29N3O2. The largest absolute Gasteiger partial charge is 0.491 e. The van der Waals surface area contributed by atoms with E-state index >= 15 is 0 Å². The minimum atomic E-state index is 0.193. The van der Waals surface area contributed by atoms with E-state index in [0.717, 1.165) is 74.7 Å². The van der Waals surface area contributed by atoms with Gasteiger partial charge in [-0.2, -0.15) is 0 Å². The minimum Gasteiger partial charge on any atom is -0.491 e. The van der Waals surface area contributed by atoms with Crippen molar-refractivity contribution in [1.82, 2.24) is 4.90 Å². The molecule has 144 valence electrons. The Morgan fingerprint density at radius 2 is 1.63 bits per heavy atom. The Kier molecular flexibility index (Phi) is 5.19. The number of piperazine rings is 1. The first-order chi connectivity index (χ1) is 13.1. The predicted molar refractivity (Wildman–Crippen MR) is 109 cm³/mol. The van der Waals surface area contributed by atoms with Crippen LogP contribution in [-0.4, -0.2) is 48.8 Å². The molecule has 0 spiro atoms. The van der Waals surface area contributed by atoms with Gasteiger partial charge in [0.05, 0.1) is 12.5 Å². The Labute approximate surface area is 161 Å². The lowest BCUT2D eigenvalue weighted by Gasteiger charge is -2.38. The quantitative estimate of drug-likeness (QED) is 0.815. The highest BCUT2D eigenvalue weighted by molar-refractivity contribution is 6.11. The van der Waals surface area contributed by atoms with Crippen LogP contribution in [0.15, 0.2) is 40.5 Å². The molecule has 0 bridgehead atoms. The minimum absolute atomic E-state index is 0.193. The van der Waals surface area contributed by atoms with Crippen LogP contribution in [0.3, 0.4) is 0 Å². The van der Waals surface area contributed by atoms with Gasteiger partial charge in [-0.1, -0.05) is 0 Å². The highest BCUT2D eigenvalue weighted by atomic mass is 16.5. The van der Waals surface area contributed by atoms with E-state index in [1.807, 2.05) is 26.0 Å². The molecule has 1 fully saturated rings. The van der Waals surface area contributed by atoms with E-state index in [1.54, 1.807) is 0 Å². The number of ketones is 1.